The van der Waals surface area contributed by atoms with Gasteiger partial charge < -0.3 is 4.55 Å². The molecule has 0 bridgehead atoms. The van der Waals surface area contributed by atoms with E-state index in [9.17, 15) is 13.0 Å². The Hall–Kier alpha value is 0.610. The van der Waals surface area contributed by atoms with E-state index in [4.69, 9.17) is 0 Å². The minimum atomic E-state index is -4.33. The number of rotatable bonds is 1. The SMILES string of the molecule is O=S(=O)([O-])c1ccccc1Br.[Na+]. The topological polar surface area (TPSA) is 57.2 Å². The van der Waals surface area contributed by atoms with Crippen LogP contribution in [0.4, 0.5) is 0 Å². The maximum Gasteiger partial charge on any atom is 1.00 e. The average Bonchev–Trinajstić information content (AvgIpc) is 1.86. The molecule has 60 valence electrons. The maximum absolute atomic E-state index is 10.5. The third kappa shape index (κ3) is 3.16. The molecule has 1 rings (SSSR count). The molecule has 0 spiro atoms. The van der Waals surface area contributed by atoms with Crippen LogP contribution in [0, 0.1) is 0 Å². The standard InChI is InChI=1S/C6H5BrO3S.Na/c7-5-3-1-2-4-6(5)11(8,9)10;/h1-4H,(H,8,9,10);/q;+1/p-1. The van der Waals surface area contributed by atoms with E-state index in [1.165, 1.54) is 18.2 Å². The molecule has 6 heteroatoms. The van der Waals surface area contributed by atoms with Gasteiger partial charge in [-0.05, 0) is 28.1 Å². The van der Waals surface area contributed by atoms with Crippen LogP contribution in [0.5, 0.6) is 0 Å². The first-order valence-electron chi connectivity index (χ1n) is 2.72. The van der Waals surface area contributed by atoms with Crippen LogP contribution in [0.25, 0.3) is 0 Å². The van der Waals surface area contributed by atoms with Crippen molar-refractivity contribution < 1.29 is 42.5 Å². The molecule has 0 saturated heterocycles. The normalized spacial score (nSPS) is 10.5. The van der Waals surface area contributed by atoms with E-state index in [-0.39, 0.29) is 34.5 Å². The smallest absolute Gasteiger partial charge is 0.744 e. The molecule has 0 unspecified atom stereocenters. The van der Waals surface area contributed by atoms with Gasteiger partial charge in [-0.25, -0.2) is 8.42 Å². The molecule has 0 fully saturated rings. The van der Waals surface area contributed by atoms with Gasteiger partial charge in [-0.15, -0.1) is 0 Å². The van der Waals surface area contributed by atoms with Crippen molar-refractivity contribution in [3.05, 3.63) is 28.7 Å². The Labute approximate surface area is 101 Å². The van der Waals surface area contributed by atoms with Crippen molar-refractivity contribution in [1.29, 1.82) is 0 Å². The Morgan fingerprint density at radius 2 is 1.75 bits per heavy atom. The molecular weight excluding hydrogens is 255 g/mol. The van der Waals surface area contributed by atoms with Crippen molar-refractivity contribution in [3.63, 3.8) is 0 Å². The maximum atomic E-state index is 10.5. The van der Waals surface area contributed by atoms with Crippen LogP contribution in [0.2, 0.25) is 0 Å². The molecule has 0 amide bonds. The van der Waals surface area contributed by atoms with Gasteiger partial charge in [-0.1, -0.05) is 12.1 Å². The second kappa shape index (κ2) is 4.74. The van der Waals surface area contributed by atoms with Gasteiger partial charge in [0.15, 0.2) is 0 Å². The van der Waals surface area contributed by atoms with Crippen LogP contribution in [0.1, 0.15) is 0 Å². The molecule has 1 aromatic rings. The summed E-state index contributed by atoms with van der Waals surface area (Å²) in [5, 5.41) is 0. The van der Waals surface area contributed by atoms with Crippen LogP contribution >= 0.6 is 15.9 Å². The molecule has 0 aliphatic rings. The Morgan fingerprint density at radius 3 is 2.08 bits per heavy atom. The molecule has 0 N–H and O–H groups in total. The van der Waals surface area contributed by atoms with Gasteiger partial charge >= 0.3 is 29.6 Å². The fraction of sp³-hybridized carbons (Fsp3) is 0. The van der Waals surface area contributed by atoms with Gasteiger partial charge in [0.1, 0.15) is 10.1 Å². The van der Waals surface area contributed by atoms with E-state index in [0.717, 1.165) is 0 Å². The summed E-state index contributed by atoms with van der Waals surface area (Å²) in [6, 6.07) is 5.89. The molecule has 0 aliphatic heterocycles. The number of hydrogen-bond acceptors (Lipinski definition) is 3. The van der Waals surface area contributed by atoms with Gasteiger partial charge in [-0.3, -0.25) is 0 Å². The van der Waals surface area contributed by atoms with Crippen molar-refractivity contribution >= 4 is 26.0 Å². The predicted octanol–water partition coefficient (Wildman–Crippen LogP) is -1.64. The third-order valence-corrected chi connectivity index (χ3v) is 2.95. The van der Waals surface area contributed by atoms with Crippen LogP contribution in [0.3, 0.4) is 0 Å². The second-order valence-electron chi connectivity index (χ2n) is 1.88. The molecule has 0 saturated carbocycles. The summed E-state index contributed by atoms with van der Waals surface area (Å²) >= 11 is 2.95. The van der Waals surface area contributed by atoms with Gasteiger partial charge in [0.2, 0.25) is 0 Å². The van der Waals surface area contributed by atoms with Gasteiger partial charge in [0.25, 0.3) is 0 Å². The zero-order valence-electron chi connectivity index (χ0n) is 6.32. The van der Waals surface area contributed by atoms with E-state index in [0.29, 0.717) is 4.47 Å². The largest absolute Gasteiger partial charge is 1.00 e. The van der Waals surface area contributed by atoms with Crippen LogP contribution in [-0.4, -0.2) is 13.0 Å². The Bertz CT molecular complexity index is 363. The monoisotopic (exact) mass is 258 g/mol. The Balaban J connectivity index is 0.00000121. The summed E-state index contributed by atoms with van der Waals surface area (Å²) in [5.74, 6) is 0. The molecule has 0 radical (unpaired) electrons. The predicted molar refractivity (Wildman–Crippen MR) is 42.1 cm³/mol. The van der Waals surface area contributed by atoms with Crippen LogP contribution < -0.4 is 29.6 Å². The molecule has 12 heavy (non-hydrogen) atoms. The van der Waals surface area contributed by atoms with E-state index >= 15 is 0 Å². The fourth-order valence-corrected chi connectivity index (χ4v) is 2.08. The zero-order valence-corrected chi connectivity index (χ0v) is 10.7. The molecule has 0 heterocycles. The van der Waals surface area contributed by atoms with E-state index in [2.05, 4.69) is 15.9 Å². The fourth-order valence-electron chi connectivity index (χ4n) is 0.647. The van der Waals surface area contributed by atoms with Crippen molar-refractivity contribution in [2.75, 3.05) is 0 Å². The number of hydrogen-bond donors (Lipinski definition) is 0. The summed E-state index contributed by atoms with van der Waals surface area (Å²) in [6.07, 6.45) is 0. The van der Waals surface area contributed by atoms with E-state index in [1.54, 1.807) is 6.07 Å². The first kappa shape index (κ1) is 12.6. The second-order valence-corrected chi connectivity index (χ2v) is 4.09. The minimum absolute atomic E-state index is 0. The molecule has 0 atom stereocenters. The van der Waals surface area contributed by atoms with Gasteiger partial charge in [0, 0.05) is 4.47 Å². The number of halogens is 1. The first-order valence-corrected chi connectivity index (χ1v) is 4.92. The molecule has 3 nitrogen and oxygen atoms in total. The van der Waals surface area contributed by atoms with Crippen molar-refractivity contribution in [2.45, 2.75) is 4.90 Å². The molecule has 0 aliphatic carbocycles. The third-order valence-electron chi connectivity index (χ3n) is 1.11. The molecular formula is C6H4BrNaO3S. The summed E-state index contributed by atoms with van der Waals surface area (Å²) in [4.78, 5) is -0.222. The average molecular weight is 259 g/mol. The van der Waals surface area contributed by atoms with Crippen LogP contribution in [-0.2, 0) is 10.1 Å². The van der Waals surface area contributed by atoms with E-state index in [1.807, 2.05) is 0 Å². The molecule has 1 aromatic carbocycles. The summed E-state index contributed by atoms with van der Waals surface area (Å²) < 4.78 is 31.7. The van der Waals surface area contributed by atoms with Crippen LogP contribution in [0.15, 0.2) is 33.6 Å². The first-order chi connectivity index (χ1) is 5.02. The number of benzene rings is 1. The minimum Gasteiger partial charge on any atom is -0.744 e. The Kier molecular flexibility index (Phi) is 4.98. The zero-order chi connectivity index (χ0) is 8.48. The van der Waals surface area contributed by atoms with Crippen molar-refractivity contribution in [2.24, 2.45) is 0 Å². The quantitative estimate of drug-likeness (QED) is 0.449. The summed E-state index contributed by atoms with van der Waals surface area (Å²) in [6.45, 7) is 0. The van der Waals surface area contributed by atoms with E-state index < -0.39 is 10.1 Å². The van der Waals surface area contributed by atoms with Gasteiger partial charge in [0.05, 0.1) is 4.90 Å². The van der Waals surface area contributed by atoms with Crippen molar-refractivity contribution in [1.82, 2.24) is 0 Å². The summed E-state index contributed by atoms with van der Waals surface area (Å²) in [7, 11) is -4.33. The Morgan fingerprint density at radius 1 is 1.25 bits per heavy atom. The van der Waals surface area contributed by atoms with Crippen molar-refractivity contribution in [3.8, 4) is 0 Å². The molecule has 0 aromatic heterocycles. The van der Waals surface area contributed by atoms with Gasteiger partial charge in [-0.2, -0.15) is 0 Å². The summed E-state index contributed by atoms with van der Waals surface area (Å²) in [5.41, 5.74) is 0.